The summed E-state index contributed by atoms with van der Waals surface area (Å²) in [6, 6.07) is 8.53. The average molecular weight is 485 g/mol. The third-order valence-electron chi connectivity index (χ3n) is 4.73. The summed E-state index contributed by atoms with van der Waals surface area (Å²) >= 11 is 7.53. The van der Waals surface area contributed by atoms with E-state index in [1.807, 2.05) is 47.0 Å². The van der Waals surface area contributed by atoms with Crippen molar-refractivity contribution >= 4 is 47.0 Å². The molecule has 0 atom stereocenters. The molecule has 0 spiro atoms. The monoisotopic (exact) mass is 484 g/mol. The second kappa shape index (κ2) is 12.2. The zero-order valence-corrected chi connectivity index (χ0v) is 21.1. The van der Waals surface area contributed by atoms with Crippen molar-refractivity contribution in [3.05, 3.63) is 46.5 Å². The van der Waals surface area contributed by atoms with Crippen LogP contribution in [0.1, 0.15) is 22.3 Å². The van der Waals surface area contributed by atoms with Crippen molar-refractivity contribution < 1.29 is 18.9 Å². The molecule has 2 aromatic carbocycles. The highest BCUT2D eigenvalue weighted by molar-refractivity contribution is 8.15. The van der Waals surface area contributed by atoms with Crippen LogP contribution >= 0.6 is 47.0 Å². The van der Waals surface area contributed by atoms with Gasteiger partial charge in [0.1, 0.15) is 23.0 Å². The Labute approximate surface area is 196 Å². The van der Waals surface area contributed by atoms with Crippen LogP contribution in [0.25, 0.3) is 0 Å². The first-order chi connectivity index (χ1) is 14.7. The van der Waals surface area contributed by atoms with E-state index >= 15 is 0 Å². The fourth-order valence-electron chi connectivity index (χ4n) is 3.22. The van der Waals surface area contributed by atoms with Gasteiger partial charge >= 0.3 is 0 Å². The Bertz CT molecular complexity index is 707. The number of thioether (sulfide) groups is 4. The van der Waals surface area contributed by atoms with Gasteiger partial charge in [-0.15, -0.1) is 47.0 Å². The van der Waals surface area contributed by atoms with Gasteiger partial charge in [-0.3, -0.25) is 0 Å². The van der Waals surface area contributed by atoms with Crippen LogP contribution in [-0.2, 0) is 23.0 Å². The smallest absolute Gasteiger partial charge is 0.123 e. The van der Waals surface area contributed by atoms with Crippen LogP contribution < -0.4 is 18.9 Å². The molecule has 2 aromatic rings. The van der Waals surface area contributed by atoms with Crippen molar-refractivity contribution in [2.45, 2.75) is 23.0 Å². The van der Waals surface area contributed by atoms with Gasteiger partial charge in [-0.25, -0.2) is 0 Å². The number of methoxy groups -OCH3 is 4. The van der Waals surface area contributed by atoms with Crippen LogP contribution in [0, 0.1) is 0 Å². The summed E-state index contributed by atoms with van der Waals surface area (Å²) in [5, 5.41) is 1.96. The minimum atomic E-state index is 0.884. The molecule has 0 fully saturated rings. The Kier molecular flexibility index (Phi) is 9.62. The van der Waals surface area contributed by atoms with Crippen LogP contribution in [0.2, 0.25) is 0 Å². The van der Waals surface area contributed by atoms with Gasteiger partial charge in [0, 0.05) is 55.4 Å². The zero-order chi connectivity index (χ0) is 21.3. The van der Waals surface area contributed by atoms with Gasteiger partial charge in [-0.1, -0.05) is 0 Å². The summed E-state index contributed by atoms with van der Waals surface area (Å²) in [7, 11) is 6.97. The molecule has 4 bridgehead atoms. The molecule has 6 rings (SSSR count). The summed E-state index contributed by atoms with van der Waals surface area (Å²) in [6.45, 7) is 0. The normalized spacial score (nSPS) is 15.3. The van der Waals surface area contributed by atoms with Crippen LogP contribution in [0.5, 0.6) is 23.0 Å². The van der Waals surface area contributed by atoms with Crippen molar-refractivity contribution in [3.8, 4) is 23.0 Å². The highest BCUT2D eigenvalue weighted by Crippen LogP contribution is 2.38. The summed E-state index contributed by atoms with van der Waals surface area (Å²) in [4.78, 5) is 0. The first-order valence-electron chi connectivity index (χ1n) is 9.48. The van der Waals surface area contributed by atoms with Gasteiger partial charge in [0.2, 0.25) is 0 Å². The fraction of sp³-hybridized carbons (Fsp3) is 0.455. The van der Waals surface area contributed by atoms with E-state index in [4.69, 9.17) is 18.9 Å². The molecule has 0 radical (unpaired) electrons. The van der Waals surface area contributed by atoms with Crippen molar-refractivity contribution in [1.29, 1.82) is 0 Å². The van der Waals surface area contributed by atoms with Gasteiger partial charge in [0.05, 0.1) is 28.4 Å². The van der Waals surface area contributed by atoms with E-state index in [2.05, 4.69) is 24.3 Å². The van der Waals surface area contributed by atoms with E-state index in [9.17, 15) is 0 Å². The second-order valence-electron chi connectivity index (χ2n) is 6.58. The molecule has 4 aliphatic rings. The molecule has 164 valence electrons. The maximum atomic E-state index is 5.67. The lowest BCUT2D eigenvalue weighted by atomic mass is 10.1. The Morgan fingerprint density at radius 2 is 0.700 bits per heavy atom. The van der Waals surface area contributed by atoms with Crippen molar-refractivity contribution in [1.82, 2.24) is 0 Å². The Balaban J connectivity index is 1.83. The van der Waals surface area contributed by atoms with Crippen LogP contribution in [-0.4, -0.2) is 38.6 Å². The molecule has 0 saturated carbocycles. The number of benzene rings is 2. The van der Waals surface area contributed by atoms with Gasteiger partial charge in [0.15, 0.2) is 0 Å². The predicted molar refractivity (Wildman–Crippen MR) is 134 cm³/mol. The maximum Gasteiger partial charge on any atom is 0.123 e. The summed E-state index contributed by atoms with van der Waals surface area (Å²) < 4.78 is 22.7. The van der Waals surface area contributed by atoms with Gasteiger partial charge in [-0.2, -0.15) is 0 Å². The zero-order valence-electron chi connectivity index (χ0n) is 17.8. The SMILES string of the molecule is COc1cc2c(OC)cc1CSCSCc1cc(OC)c(cc1OC)CSCSC2. The minimum absolute atomic E-state index is 0.884. The molecule has 4 aliphatic heterocycles. The van der Waals surface area contributed by atoms with Gasteiger partial charge in [-0.05, 0) is 24.3 Å². The molecular formula is C22H28O4S4. The van der Waals surface area contributed by atoms with E-state index in [0.29, 0.717) is 0 Å². The van der Waals surface area contributed by atoms with Crippen molar-refractivity contribution in [2.24, 2.45) is 0 Å². The molecule has 0 amide bonds. The number of rotatable bonds is 4. The van der Waals surface area contributed by atoms with Gasteiger partial charge < -0.3 is 18.9 Å². The van der Waals surface area contributed by atoms with Crippen LogP contribution in [0.15, 0.2) is 24.3 Å². The summed E-state index contributed by atoms with van der Waals surface area (Å²) in [5.41, 5.74) is 4.70. The largest absolute Gasteiger partial charge is 0.496 e. The highest BCUT2D eigenvalue weighted by atomic mass is 32.2. The quantitative estimate of drug-likeness (QED) is 0.502. The summed E-state index contributed by atoms with van der Waals surface area (Å²) in [6.07, 6.45) is 0. The van der Waals surface area contributed by atoms with Crippen LogP contribution in [0.3, 0.4) is 0 Å². The number of ether oxygens (including phenoxy) is 4. The Morgan fingerprint density at radius 1 is 0.467 bits per heavy atom. The molecule has 0 N–H and O–H groups in total. The molecule has 30 heavy (non-hydrogen) atoms. The third-order valence-corrected chi connectivity index (χ3v) is 9.46. The molecule has 4 heterocycles. The lowest BCUT2D eigenvalue weighted by Crippen LogP contribution is -1.99. The number of hydrogen-bond donors (Lipinski definition) is 0. The molecule has 0 unspecified atom stereocenters. The molecule has 0 saturated heterocycles. The molecule has 4 nitrogen and oxygen atoms in total. The molecule has 0 aliphatic carbocycles. The topological polar surface area (TPSA) is 36.9 Å². The van der Waals surface area contributed by atoms with E-state index in [1.54, 1.807) is 28.4 Å². The van der Waals surface area contributed by atoms with E-state index in [0.717, 1.165) is 56.2 Å². The van der Waals surface area contributed by atoms with E-state index < -0.39 is 0 Å². The predicted octanol–water partition coefficient (Wildman–Crippen LogP) is 6.28. The molecule has 0 aromatic heterocycles. The second-order valence-corrected chi connectivity index (χ2v) is 11.3. The van der Waals surface area contributed by atoms with E-state index in [-0.39, 0.29) is 0 Å². The summed E-state index contributed by atoms with van der Waals surface area (Å²) in [5.74, 6) is 7.31. The van der Waals surface area contributed by atoms with Crippen molar-refractivity contribution in [2.75, 3.05) is 38.6 Å². The maximum absolute atomic E-state index is 5.67. The lowest BCUT2D eigenvalue weighted by Gasteiger charge is -2.16. The average Bonchev–Trinajstić information content (AvgIpc) is 2.78. The fourth-order valence-corrected chi connectivity index (χ4v) is 7.28. The molecular weight excluding hydrogens is 457 g/mol. The Hall–Kier alpha value is -0.960. The van der Waals surface area contributed by atoms with Gasteiger partial charge in [0.25, 0.3) is 0 Å². The lowest BCUT2D eigenvalue weighted by molar-refractivity contribution is 0.397. The first-order valence-corrected chi connectivity index (χ1v) is 14.1. The standard InChI is InChI=1S/C22H28O4S4/c1-23-19-5-16-10-28-14-30-12-18-8-21(25-3)17(7-22(18)26-4)11-29-13-27-9-15(19)6-20(16)24-2/h5-8H,9-14H2,1-4H3. The minimum Gasteiger partial charge on any atom is -0.496 e. The van der Waals surface area contributed by atoms with Crippen LogP contribution in [0.4, 0.5) is 0 Å². The Morgan fingerprint density at radius 3 is 0.900 bits per heavy atom. The van der Waals surface area contributed by atoms with Crippen molar-refractivity contribution in [3.63, 3.8) is 0 Å². The molecule has 8 heteroatoms. The van der Waals surface area contributed by atoms with E-state index in [1.165, 1.54) is 22.3 Å². The first kappa shape index (κ1) is 23.7. The third kappa shape index (κ3) is 6.05. The highest BCUT2D eigenvalue weighted by Gasteiger charge is 2.14. The number of hydrogen-bond acceptors (Lipinski definition) is 8.